The number of benzene rings is 7. The van der Waals surface area contributed by atoms with Crippen molar-refractivity contribution < 1.29 is 0 Å². The van der Waals surface area contributed by atoms with E-state index < -0.39 is 0 Å². The minimum Gasteiger partial charge on any atom is -0.310 e. The molecule has 0 aromatic heterocycles. The molecular formula is C52H48N2. The molecule has 0 radical (unpaired) electrons. The number of aryl methyl sites for hydroxylation is 4. The quantitative estimate of drug-likeness (QED) is 0.117. The van der Waals surface area contributed by atoms with Gasteiger partial charge < -0.3 is 9.80 Å². The molecule has 0 spiro atoms. The molecule has 0 saturated carbocycles. The number of hydrogen-bond donors (Lipinski definition) is 0. The average Bonchev–Trinajstić information content (AvgIpc) is 3.21. The van der Waals surface area contributed by atoms with Gasteiger partial charge in [0, 0.05) is 34.1 Å². The summed E-state index contributed by atoms with van der Waals surface area (Å²) in [6.07, 6.45) is 10.8. The van der Waals surface area contributed by atoms with Gasteiger partial charge in [0.15, 0.2) is 0 Å². The van der Waals surface area contributed by atoms with Crippen molar-refractivity contribution in [3.05, 3.63) is 214 Å². The van der Waals surface area contributed by atoms with E-state index in [9.17, 15) is 0 Å². The second-order valence-electron chi connectivity index (χ2n) is 13.9. The second-order valence-corrected chi connectivity index (χ2v) is 13.9. The van der Waals surface area contributed by atoms with E-state index in [4.69, 9.17) is 0 Å². The highest BCUT2D eigenvalue weighted by atomic mass is 15.1. The number of rotatable bonds is 12. The molecule has 0 aliphatic carbocycles. The molecule has 0 aliphatic rings. The van der Waals surface area contributed by atoms with Crippen molar-refractivity contribution in [2.75, 3.05) is 9.80 Å². The van der Waals surface area contributed by atoms with Gasteiger partial charge in [-0.05, 0) is 144 Å². The van der Waals surface area contributed by atoms with Gasteiger partial charge in [0.25, 0.3) is 0 Å². The van der Waals surface area contributed by atoms with Crippen LogP contribution in [0.15, 0.2) is 170 Å². The van der Waals surface area contributed by atoms with Crippen molar-refractivity contribution in [2.24, 2.45) is 0 Å². The zero-order chi connectivity index (χ0) is 37.3. The largest absolute Gasteiger partial charge is 0.310 e. The van der Waals surface area contributed by atoms with Gasteiger partial charge in [-0.15, -0.1) is 0 Å². The van der Waals surface area contributed by atoms with Crippen LogP contribution in [0.4, 0.5) is 34.1 Å². The van der Waals surface area contributed by atoms with E-state index in [1.165, 1.54) is 33.4 Å². The first-order valence-corrected chi connectivity index (χ1v) is 19.0. The van der Waals surface area contributed by atoms with Gasteiger partial charge >= 0.3 is 0 Å². The number of hydrogen-bond acceptors (Lipinski definition) is 2. The molecule has 7 aromatic rings. The third kappa shape index (κ3) is 8.80. The maximum Gasteiger partial charge on any atom is 0.0464 e. The van der Waals surface area contributed by atoms with Crippen LogP contribution in [0.25, 0.3) is 24.3 Å². The molecule has 7 aromatic carbocycles. The molecule has 0 fully saturated rings. The highest BCUT2D eigenvalue weighted by Gasteiger charge is 2.14. The first-order chi connectivity index (χ1) is 26.4. The predicted octanol–water partition coefficient (Wildman–Crippen LogP) is 14.7. The molecule has 0 heterocycles. The summed E-state index contributed by atoms with van der Waals surface area (Å²) in [5.74, 6) is 0. The molecule has 7 rings (SSSR count). The summed E-state index contributed by atoms with van der Waals surface area (Å²) >= 11 is 0. The van der Waals surface area contributed by atoms with Crippen LogP contribution in [0, 0.1) is 13.8 Å². The maximum absolute atomic E-state index is 2.33. The van der Waals surface area contributed by atoms with Crippen molar-refractivity contribution in [3.8, 4) is 0 Å². The smallest absolute Gasteiger partial charge is 0.0464 e. The van der Waals surface area contributed by atoms with Crippen molar-refractivity contribution >= 4 is 58.4 Å². The van der Waals surface area contributed by atoms with Crippen LogP contribution >= 0.6 is 0 Å². The van der Waals surface area contributed by atoms with Gasteiger partial charge in [-0.3, -0.25) is 0 Å². The van der Waals surface area contributed by atoms with Gasteiger partial charge in [-0.25, -0.2) is 0 Å². The molecule has 2 heteroatoms. The van der Waals surface area contributed by atoms with E-state index in [0.29, 0.717) is 0 Å². The fraction of sp³-hybridized carbons (Fsp3) is 0.115. The number of nitrogens with zero attached hydrogens (tertiary/aromatic N) is 2. The maximum atomic E-state index is 2.33. The Morgan fingerprint density at radius 2 is 0.611 bits per heavy atom. The number of anilines is 6. The Kier molecular flexibility index (Phi) is 11.3. The van der Waals surface area contributed by atoms with Crippen LogP contribution in [-0.4, -0.2) is 0 Å². The second kappa shape index (κ2) is 17.0. The molecule has 0 unspecified atom stereocenters. The monoisotopic (exact) mass is 700 g/mol. The first kappa shape index (κ1) is 36.0. The molecule has 0 atom stereocenters. The van der Waals surface area contributed by atoms with Gasteiger partial charge in [-0.2, -0.15) is 0 Å². The molecule has 0 bridgehead atoms. The Morgan fingerprint density at radius 1 is 0.333 bits per heavy atom. The zero-order valence-corrected chi connectivity index (χ0v) is 31.8. The van der Waals surface area contributed by atoms with Gasteiger partial charge in [0.05, 0.1) is 0 Å². The normalized spacial score (nSPS) is 11.3. The summed E-state index contributed by atoms with van der Waals surface area (Å²) in [5, 5.41) is 0. The zero-order valence-electron chi connectivity index (χ0n) is 31.8. The van der Waals surface area contributed by atoms with E-state index in [-0.39, 0.29) is 0 Å². The van der Waals surface area contributed by atoms with Crippen LogP contribution in [0.1, 0.15) is 58.4 Å². The SMILES string of the molecule is CCc1ccc(N(c2ccc(/C=C/c3ccc(/C=C/c4ccc(N(c5ccc(CC)cc5)c5cccc(C)c5)cc4)cc3)cc2)c2cccc(C)c2)cc1. The van der Waals surface area contributed by atoms with Crippen molar-refractivity contribution in [2.45, 2.75) is 40.5 Å². The Balaban J connectivity index is 1.02. The van der Waals surface area contributed by atoms with Gasteiger partial charge in [-0.1, -0.05) is 135 Å². The summed E-state index contributed by atoms with van der Waals surface area (Å²) in [7, 11) is 0. The lowest BCUT2D eigenvalue weighted by Gasteiger charge is -2.26. The third-order valence-corrected chi connectivity index (χ3v) is 9.90. The van der Waals surface area contributed by atoms with Crippen molar-refractivity contribution in [1.29, 1.82) is 0 Å². The Bertz CT molecular complexity index is 2160. The minimum absolute atomic E-state index is 1.03. The highest BCUT2D eigenvalue weighted by Crippen LogP contribution is 2.37. The Morgan fingerprint density at radius 3 is 0.889 bits per heavy atom. The molecule has 0 aliphatic heterocycles. The summed E-state index contributed by atoms with van der Waals surface area (Å²) in [5.41, 5.74) is 16.7. The first-order valence-electron chi connectivity index (χ1n) is 19.0. The van der Waals surface area contributed by atoms with Crippen molar-refractivity contribution in [3.63, 3.8) is 0 Å². The topological polar surface area (TPSA) is 6.48 Å². The Hall–Kier alpha value is -6.38. The van der Waals surface area contributed by atoms with E-state index in [0.717, 1.165) is 58.1 Å². The molecular weight excluding hydrogens is 653 g/mol. The lowest BCUT2D eigenvalue weighted by molar-refractivity contribution is 1.14. The van der Waals surface area contributed by atoms with Crippen LogP contribution in [-0.2, 0) is 12.8 Å². The molecule has 0 saturated heterocycles. The molecule has 2 nitrogen and oxygen atoms in total. The molecule has 0 amide bonds. The summed E-state index contributed by atoms with van der Waals surface area (Å²) in [4.78, 5) is 4.65. The van der Waals surface area contributed by atoms with Crippen LogP contribution < -0.4 is 9.80 Å². The van der Waals surface area contributed by atoms with E-state index in [1.807, 2.05) is 0 Å². The van der Waals surface area contributed by atoms with Crippen molar-refractivity contribution in [1.82, 2.24) is 0 Å². The summed E-state index contributed by atoms with van der Waals surface area (Å²) in [6.45, 7) is 8.68. The van der Waals surface area contributed by atoms with Crippen LogP contribution in [0.5, 0.6) is 0 Å². The van der Waals surface area contributed by atoms with Gasteiger partial charge in [0.2, 0.25) is 0 Å². The fourth-order valence-corrected chi connectivity index (χ4v) is 6.76. The predicted molar refractivity (Wildman–Crippen MR) is 235 cm³/mol. The van der Waals surface area contributed by atoms with E-state index in [2.05, 4.69) is 232 Å². The fourth-order valence-electron chi connectivity index (χ4n) is 6.76. The average molecular weight is 701 g/mol. The molecule has 0 N–H and O–H groups in total. The summed E-state index contributed by atoms with van der Waals surface area (Å²) < 4.78 is 0. The minimum atomic E-state index is 1.03. The lowest BCUT2D eigenvalue weighted by Crippen LogP contribution is -2.10. The van der Waals surface area contributed by atoms with E-state index >= 15 is 0 Å². The Labute approximate surface area is 322 Å². The molecule has 54 heavy (non-hydrogen) atoms. The van der Waals surface area contributed by atoms with Crippen LogP contribution in [0.2, 0.25) is 0 Å². The third-order valence-electron chi connectivity index (χ3n) is 9.90. The standard InChI is InChI=1S/C52H48N2/c1-5-41-21-29-47(30-22-41)53(51-11-7-9-39(3)37-51)49-33-25-45(26-34-49)19-17-43-13-15-44(16-14-43)18-20-46-27-35-50(36-28-46)54(52-12-8-10-40(4)38-52)48-31-23-42(6-2)24-32-48/h7-38H,5-6H2,1-4H3/b19-17+,20-18+. The molecule has 266 valence electrons. The summed E-state index contributed by atoms with van der Waals surface area (Å²) in [6, 6.07) is 61.5. The van der Waals surface area contributed by atoms with E-state index in [1.54, 1.807) is 0 Å². The highest BCUT2D eigenvalue weighted by molar-refractivity contribution is 5.80. The van der Waals surface area contributed by atoms with Crippen LogP contribution in [0.3, 0.4) is 0 Å². The lowest BCUT2D eigenvalue weighted by atomic mass is 10.1. The van der Waals surface area contributed by atoms with Gasteiger partial charge in [0.1, 0.15) is 0 Å².